The SMILES string of the molecule is CCCC(CNCC(C)C)n1nc(CC)cc1CC. The van der Waals surface area contributed by atoms with Gasteiger partial charge in [0.05, 0.1) is 11.7 Å². The average molecular weight is 265 g/mol. The molecule has 1 aromatic heterocycles. The van der Waals surface area contributed by atoms with Crippen LogP contribution in [-0.2, 0) is 12.8 Å². The number of rotatable bonds is 9. The first-order valence-electron chi connectivity index (χ1n) is 7.90. The monoisotopic (exact) mass is 265 g/mol. The molecule has 0 aliphatic heterocycles. The largest absolute Gasteiger partial charge is 0.314 e. The van der Waals surface area contributed by atoms with Gasteiger partial charge in [-0.3, -0.25) is 4.68 Å². The van der Waals surface area contributed by atoms with Crippen molar-refractivity contribution in [2.24, 2.45) is 5.92 Å². The third-order valence-electron chi connectivity index (χ3n) is 3.49. The predicted octanol–water partition coefficient (Wildman–Crippen LogP) is 3.59. The third kappa shape index (κ3) is 4.98. The smallest absolute Gasteiger partial charge is 0.0646 e. The van der Waals surface area contributed by atoms with Crippen molar-refractivity contribution < 1.29 is 0 Å². The molecule has 0 radical (unpaired) electrons. The van der Waals surface area contributed by atoms with Crippen LogP contribution in [0, 0.1) is 5.92 Å². The molecule has 0 aliphatic carbocycles. The van der Waals surface area contributed by atoms with E-state index < -0.39 is 0 Å². The molecule has 1 N–H and O–H groups in total. The highest BCUT2D eigenvalue weighted by molar-refractivity contribution is 5.11. The van der Waals surface area contributed by atoms with Crippen molar-refractivity contribution in [2.75, 3.05) is 13.1 Å². The van der Waals surface area contributed by atoms with Crippen molar-refractivity contribution in [3.05, 3.63) is 17.5 Å². The third-order valence-corrected chi connectivity index (χ3v) is 3.49. The first kappa shape index (κ1) is 16.2. The number of hydrogen-bond acceptors (Lipinski definition) is 2. The van der Waals surface area contributed by atoms with Crippen LogP contribution in [0.5, 0.6) is 0 Å². The van der Waals surface area contributed by atoms with Gasteiger partial charge >= 0.3 is 0 Å². The lowest BCUT2D eigenvalue weighted by Gasteiger charge is -2.20. The van der Waals surface area contributed by atoms with Gasteiger partial charge in [0.2, 0.25) is 0 Å². The van der Waals surface area contributed by atoms with Crippen LogP contribution in [0.25, 0.3) is 0 Å². The second-order valence-electron chi connectivity index (χ2n) is 5.77. The van der Waals surface area contributed by atoms with Gasteiger partial charge in [0.15, 0.2) is 0 Å². The molecule has 0 saturated carbocycles. The van der Waals surface area contributed by atoms with Crippen molar-refractivity contribution >= 4 is 0 Å². The second-order valence-corrected chi connectivity index (χ2v) is 5.77. The molecule has 0 saturated heterocycles. The van der Waals surface area contributed by atoms with Crippen LogP contribution in [0.3, 0.4) is 0 Å². The molecule has 110 valence electrons. The Morgan fingerprint density at radius 1 is 1.16 bits per heavy atom. The molecule has 1 rings (SSSR count). The second kappa shape index (κ2) is 8.36. The zero-order chi connectivity index (χ0) is 14.3. The molecular weight excluding hydrogens is 234 g/mol. The lowest BCUT2D eigenvalue weighted by Crippen LogP contribution is -2.29. The number of nitrogens with zero attached hydrogens (tertiary/aromatic N) is 2. The number of aryl methyl sites for hydroxylation is 2. The molecule has 0 aliphatic rings. The van der Waals surface area contributed by atoms with Crippen LogP contribution in [0.2, 0.25) is 0 Å². The molecule has 0 bridgehead atoms. The van der Waals surface area contributed by atoms with Gasteiger partial charge in [0, 0.05) is 12.2 Å². The molecular formula is C16H31N3. The molecule has 0 aromatic carbocycles. The van der Waals surface area contributed by atoms with Crippen molar-refractivity contribution in [3.8, 4) is 0 Å². The lowest BCUT2D eigenvalue weighted by molar-refractivity contribution is 0.375. The van der Waals surface area contributed by atoms with Gasteiger partial charge in [-0.2, -0.15) is 5.10 Å². The summed E-state index contributed by atoms with van der Waals surface area (Å²) >= 11 is 0. The van der Waals surface area contributed by atoms with Crippen LogP contribution in [0.15, 0.2) is 6.07 Å². The quantitative estimate of drug-likeness (QED) is 0.739. The maximum absolute atomic E-state index is 4.79. The minimum absolute atomic E-state index is 0.499. The first-order valence-corrected chi connectivity index (χ1v) is 7.90. The molecule has 1 atom stereocenters. The maximum Gasteiger partial charge on any atom is 0.0646 e. The van der Waals surface area contributed by atoms with Crippen LogP contribution in [0.1, 0.15) is 64.9 Å². The number of hydrogen-bond donors (Lipinski definition) is 1. The topological polar surface area (TPSA) is 29.9 Å². The highest BCUT2D eigenvalue weighted by atomic mass is 15.3. The van der Waals surface area contributed by atoms with E-state index in [1.165, 1.54) is 24.2 Å². The zero-order valence-corrected chi connectivity index (χ0v) is 13.4. The van der Waals surface area contributed by atoms with Crippen molar-refractivity contribution in [3.63, 3.8) is 0 Å². The van der Waals surface area contributed by atoms with E-state index in [0.717, 1.165) is 25.9 Å². The van der Waals surface area contributed by atoms with Gasteiger partial charge in [0.25, 0.3) is 0 Å². The van der Waals surface area contributed by atoms with E-state index in [2.05, 4.69) is 50.7 Å². The van der Waals surface area contributed by atoms with E-state index in [1.807, 2.05) is 0 Å². The van der Waals surface area contributed by atoms with Gasteiger partial charge < -0.3 is 5.32 Å². The van der Waals surface area contributed by atoms with Crippen LogP contribution in [-0.4, -0.2) is 22.9 Å². The summed E-state index contributed by atoms with van der Waals surface area (Å²) in [5.74, 6) is 0.705. The Bertz CT molecular complexity index is 355. The van der Waals surface area contributed by atoms with E-state index in [-0.39, 0.29) is 0 Å². The maximum atomic E-state index is 4.79. The molecule has 3 heteroatoms. The van der Waals surface area contributed by atoms with Gasteiger partial charge in [0.1, 0.15) is 0 Å². The lowest BCUT2D eigenvalue weighted by atomic mass is 10.1. The van der Waals surface area contributed by atoms with Crippen molar-refractivity contribution in [1.82, 2.24) is 15.1 Å². The minimum atomic E-state index is 0.499. The Kier molecular flexibility index (Phi) is 7.14. The van der Waals surface area contributed by atoms with E-state index in [0.29, 0.717) is 12.0 Å². The fourth-order valence-corrected chi connectivity index (χ4v) is 2.43. The highest BCUT2D eigenvalue weighted by Crippen LogP contribution is 2.17. The fraction of sp³-hybridized carbons (Fsp3) is 0.812. The fourth-order valence-electron chi connectivity index (χ4n) is 2.43. The van der Waals surface area contributed by atoms with Crippen molar-refractivity contribution in [1.29, 1.82) is 0 Å². The molecule has 1 aromatic rings. The molecule has 1 heterocycles. The van der Waals surface area contributed by atoms with E-state index in [9.17, 15) is 0 Å². The van der Waals surface area contributed by atoms with Crippen LogP contribution < -0.4 is 5.32 Å². The summed E-state index contributed by atoms with van der Waals surface area (Å²) in [6.45, 7) is 13.3. The molecule has 3 nitrogen and oxygen atoms in total. The van der Waals surface area contributed by atoms with Gasteiger partial charge in [-0.25, -0.2) is 0 Å². The number of aromatic nitrogens is 2. The van der Waals surface area contributed by atoms with Gasteiger partial charge in [-0.15, -0.1) is 0 Å². The summed E-state index contributed by atoms with van der Waals surface area (Å²) in [6.07, 6.45) is 4.50. The summed E-state index contributed by atoms with van der Waals surface area (Å²) in [5, 5.41) is 8.38. The Morgan fingerprint density at radius 2 is 1.89 bits per heavy atom. The predicted molar refractivity (Wildman–Crippen MR) is 82.6 cm³/mol. The summed E-state index contributed by atoms with van der Waals surface area (Å²) < 4.78 is 2.27. The molecule has 0 amide bonds. The summed E-state index contributed by atoms with van der Waals surface area (Å²) in [7, 11) is 0. The van der Waals surface area contributed by atoms with Crippen molar-refractivity contribution in [2.45, 2.75) is 66.3 Å². The van der Waals surface area contributed by atoms with Crippen LogP contribution in [0.4, 0.5) is 0 Å². The Labute approximate surface area is 118 Å². The minimum Gasteiger partial charge on any atom is -0.314 e. The Hall–Kier alpha value is -0.830. The Balaban J connectivity index is 2.76. The normalized spacial score (nSPS) is 13.2. The molecule has 0 fully saturated rings. The molecule has 19 heavy (non-hydrogen) atoms. The van der Waals surface area contributed by atoms with E-state index in [1.54, 1.807) is 0 Å². The Morgan fingerprint density at radius 3 is 2.42 bits per heavy atom. The molecule has 0 spiro atoms. The van der Waals surface area contributed by atoms with Gasteiger partial charge in [-0.05, 0) is 37.8 Å². The summed E-state index contributed by atoms with van der Waals surface area (Å²) in [5.41, 5.74) is 2.60. The summed E-state index contributed by atoms with van der Waals surface area (Å²) in [4.78, 5) is 0. The average Bonchev–Trinajstić information content (AvgIpc) is 2.80. The number of nitrogens with one attached hydrogen (secondary N) is 1. The summed E-state index contributed by atoms with van der Waals surface area (Å²) in [6, 6.07) is 2.77. The first-order chi connectivity index (χ1) is 9.12. The van der Waals surface area contributed by atoms with E-state index in [4.69, 9.17) is 5.10 Å². The standard InChI is InChI=1S/C16H31N3/c1-6-9-16(12-17-11-13(4)5)19-15(8-3)10-14(7-2)18-19/h10,13,16-17H,6-9,11-12H2,1-5H3. The van der Waals surface area contributed by atoms with Gasteiger partial charge in [-0.1, -0.05) is 41.0 Å². The van der Waals surface area contributed by atoms with Crippen LogP contribution >= 0.6 is 0 Å². The highest BCUT2D eigenvalue weighted by Gasteiger charge is 2.15. The van der Waals surface area contributed by atoms with E-state index >= 15 is 0 Å². The zero-order valence-electron chi connectivity index (χ0n) is 13.4. The molecule has 1 unspecified atom stereocenters.